The van der Waals surface area contributed by atoms with Crippen LogP contribution < -0.4 is 5.32 Å². The number of carbonyl (C=O) groups excluding carboxylic acids is 1. The van der Waals surface area contributed by atoms with E-state index < -0.39 is 0 Å². The van der Waals surface area contributed by atoms with Crippen molar-refractivity contribution in [3.05, 3.63) is 52.2 Å². The summed E-state index contributed by atoms with van der Waals surface area (Å²) in [6, 6.07) is 12.0. The second-order valence-electron chi connectivity index (χ2n) is 3.91. The molecular formula is C14H15NOS2. The Kier molecular flexibility index (Phi) is 4.84. The van der Waals surface area contributed by atoms with E-state index in [1.807, 2.05) is 30.3 Å². The van der Waals surface area contributed by atoms with Crippen LogP contribution in [0.5, 0.6) is 0 Å². The summed E-state index contributed by atoms with van der Waals surface area (Å²) >= 11 is 3.25. The highest BCUT2D eigenvalue weighted by Gasteiger charge is 2.04. The number of nitrogens with one attached hydrogen (secondary N) is 1. The van der Waals surface area contributed by atoms with Gasteiger partial charge in [0, 0.05) is 9.77 Å². The van der Waals surface area contributed by atoms with E-state index in [4.69, 9.17) is 0 Å². The van der Waals surface area contributed by atoms with Gasteiger partial charge in [-0.3, -0.25) is 4.79 Å². The van der Waals surface area contributed by atoms with E-state index in [-0.39, 0.29) is 5.91 Å². The van der Waals surface area contributed by atoms with Crippen molar-refractivity contribution in [2.24, 2.45) is 0 Å². The monoisotopic (exact) mass is 277 g/mol. The Bertz CT molecular complexity index is 508. The summed E-state index contributed by atoms with van der Waals surface area (Å²) in [6.45, 7) is 2.70. The topological polar surface area (TPSA) is 29.1 Å². The van der Waals surface area contributed by atoms with E-state index in [0.717, 1.165) is 4.90 Å². The quantitative estimate of drug-likeness (QED) is 0.848. The fraction of sp³-hybridized carbons (Fsp3) is 0.214. The molecule has 0 aliphatic heterocycles. The van der Waals surface area contributed by atoms with Crippen LogP contribution in [0.1, 0.15) is 10.4 Å². The van der Waals surface area contributed by atoms with Crippen LogP contribution in [0, 0.1) is 6.92 Å². The van der Waals surface area contributed by atoms with Gasteiger partial charge in [0.2, 0.25) is 5.91 Å². The van der Waals surface area contributed by atoms with Gasteiger partial charge in [0.15, 0.2) is 0 Å². The highest BCUT2D eigenvalue weighted by Crippen LogP contribution is 2.17. The van der Waals surface area contributed by atoms with Crippen molar-refractivity contribution in [2.75, 3.05) is 5.75 Å². The molecule has 94 valence electrons. The fourth-order valence-electron chi connectivity index (χ4n) is 1.48. The molecule has 0 aliphatic carbocycles. The molecule has 2 nitrogen and oxygen atoms in total. The van der Waals surface area contributed by atoms with Gasteiger partial charge in [-0.15, -0.1) is 23.1 Å². The molecule has 0 spiro atoms. The minimum Gasteiger partial charge on any atom is -0.350 e. The number of thiophene rings is 1. The second kappa shape index (κ2) is 6.61. The number of amides is 1. The molecule has 0 unspecified atom stereocenters. The number of rotatable bonds is 5. The Morgan fingerprint density at radius 3 is 2.72 bits per heavy atom. The van der Waals surface area contributed by atoms with Crippen LogP contribution in [0.2, 0.25) is 0 Å². The van der Waals surface area contributed by atoms with Crippen LogP contribution in [-0.4, -0.2) is 11.7 Å². The van der Waals surface area contributed by atoms with Gasteiger partial charge in [-0.1, -0.05) is 18.2 Å². The number of hydrogen-bond acceptors (Lipinski definition) is 3. The van der Waals surface area contributed by atoms with E-state index in [2.05, 4.69) is 23.7 Å². The van der Waals surface area contributed by atoms with Crippen molar-refractivity contribution in [3.8, 4) is 0 Å². The molecule has 0 atom stereocenters. The van der Waals surface area contributed by atoms with Crippen LogP contribution in [0.15, 0.2) is 46.7 Å². The highest BCUT2D eigenvalue weighted by molar-refractivity contribution is 8.00. The van der Waals surface area contributed by atoms with Crippen molar-refractivity contribution in [3.63, 3.8) is 0 Å². The fourth-order valence-corrected chi connectivity index (χ4v) is 3.08. The molecular weight excluding hydrogens is 262 g/mol. The zero-order valence-electron chi connectivity index (χ0n) is 10.2. The molecule has 0 aliphatic rings. The van der Waals surface area contributed by atoms with Crippen molar-refractivity contribution < 1.29 is 4.79 Å². The summed E-state index contributed by atoms with van der Waals surface area (Å²) in [6.07, 6.45) is 0. The summed E-state index contributed by atoms with van der Waals surface area (Å²) in [4.78, 5) is 14.1. The summed E-state index contributed by atoms with van der Waals surface area (Å²) in [5.74, 6) is 0.547. The Balaban J connectivity index is 1.75. The standard InChI is InChI=1S/C14H15NOS2/c1-11-7-8-17-13(11)9-15-14(16)10-18-12-5-3-2-4-6-12/h2-8H,9-10H2,1H3,(H,15,16). The van der Waals surface area contributed by atoms with Crippen molar-refractivity contribution in [1.82, 2.24) is 5.32 Å². The largest absolute Gasteiger partial charge is 0.350 e. The average Bonchev–Trinajstić information content (AvgIpc) is 2.81. The number of aryl methyl sites for hydroxylation is 1. The average molecular weight is 277 g/mol. The molecule has 4 heteroatoms. The number of hydrogen-bond donors (Lipinski definition) is 1. The lowest BCUT2D eigenvalue weighted by Crippen LogP contribution is -2.24. The first-order valence-corrected chi connectivity index (χ1v) is 7.60. The van der Waals surface area contributed by atoms with Gasteiger partial charge in [0.1, 0.15) is 0 Å². The molecule has 0 saturated heterocycles. The molecule has 1 aromatic carbocycles. The number of carbonyl (C=O) groups is 1. The van der Waals surface area contributed by atoms with Gasteiger partial charge in [-0.25, -0.2) is 0 Å². The van der Waals surface area contributed by atoms with Gasteiger partial charge in [-0.05, 0) is 36.1 Å². The lowest BCUT2D eigenvalue weighted by molar-refractivity contribution is -0.118. The first-order valence-electron chi connectivity index (χ1n) is 5.73. The van der Waals surface area contributed by atoms with Crippen molar-refractivity contribution in [1.29, 1.82) is 0 Å². The highest BCUT2D eigenvalue weighted by atomic mass is 32.2. The summed E-state index contributed by atoms with van der Waals surface area (Å²) in [5.41, 5.74) is 1.25. The zero-order chi connectivity index (χ0) is 12.8. The molecule has 0 radical (unpaired) electrons. The third-order valence-corrected chi connectivity index (χ3v) is 4.56. The SMILES string of the molecule is Cc1ccsc1CNC(=O)CSc1ccccc1. The normalized spacial score (nSPS) is 10.3. The van der Waals surface area contributed by atoms with Gasteiger partial charge in [0.25, 0.3) is 0 Å². The van der Waals surface area contributed by atoms with Gasteiger partial charge in [-0.2, -0.15) is 0 Å². The molecule has 2 rings (SSSR count). The predicted octanol–water partition coefficient (Wildman–Crippen LogP) is 3.47. The maximum atomic E-state index is 11.7. The molecule has 0 bridgehead atoms. The molecule has 2 aromatic rings. The van der Waals surface area contributed by atoms with E-state index in [9.17, 15) is 4.79 Å². The zero-order valence-corrected chi connectivity index (χ0v) is 11.8. The number of thioether (sulfide) groups is 1. The van der Waals surface area contributed by atoms with E-state index >= 15 is 0 Å². The van der Waals surface area contributed by atoms with Gasteiger partial charge < -0.3 is 5.32 Å². The molecule has 0 fully saturated rings. The van der Waals surface area contributed by atoms with Crippen LogP contribution in [0.3, 0.4) is 0 Å². The van der Waals surface area contributed by atoms with E-state index in [1.54, 1.807) is 23.1 Å². The van der Waals surface area contributed by atoms with Crippen LogP contribution >= 0.6 is 23.1 Å². The Morgan fingerprint density at radius 1 is 1.28 bits per heavy atom. The maximum absolute atomic E-state index is 11.7. The summed E-state index contributed by atoms with van der Waals surface area (Å²) in [7, 11) is 0. The number of benzene rings is 1. The maximum Gasteiger partial charge on any atom is 0.230 e. The van der Waals surface area contributed by atoms with Crippen molar-refractivity contribution in [2.45, 2.75) is 18.4 Å². The van der Waals surface area contributed by atoms with Crippen LogP contribution in [0.25, 0.3) is 0 Å². The molecule has 1 amide bonds. The summed E-state index contributed by atoms with van der Waals surface area (Å²) < 4.78 is 0. The molecule has 1 heterocycles. The predicted molar refractivity (Wildman–Crippen MR) is 78.1 cm³/mol. The minimum absolute atomic E-state index is 0.0802. The lowest BCUT2D eigenvalue weighted by atomic mass is 10.3. The molecule has 18 heavy (non-hydrogen) atoms. The first kappa shape index (κ1) is 13.2. The Labute approximate surface area is 115 Å². The molecule has 0 saturated carbocycles. The first-order chi connectivity index (χ1) is 8.75. The molecule has 1 aromatic heterocycles. The smallest absolute Gasteiger partial charge is 0.230 e. The van der Waals surface area contributed by atoms with Crippen molar-refractivity contribution >= 4 is 29.0 Å². The Morgan fingerprint density at radius 2 is 2.06 bits per heavy atom. The lowest BCUT2D eigenvalue weighted by Gasteiger charge is -2.04. The van der Waals surface area contributed by atoms with Crippen LogP contribution in [0.4, 0.5) is 0 Å². The summed E-state index contributed by atoms with van der Waals surface area (Å²) in [5, 5.41) is 5.00. The van der Waals surface area contributed by atoms with Crippen LogP contribution in [-0.2, 0) is 11.3 Å². The minimum atomic E-state index is 0.0802. The van der Waals surface area contributed by atoms with E-state index in [1.165, 1.54) is 10.4 Å². The second-order valence-corrected chi connectivity index (χ2v) is 5.95. The van der Waals surface area contributed by atoms with Gasteiger partial charge in [0.05, 0.1) is 12.3 Å². The third kappa shape index (κ3) is 3.89. The Hall–Kier alpha value is -1.26. The van der Waals surface area contributed by atoms with E-state index in [0.29, 0.717) is 12.3 Å². The van der Waals surface area contributed by atoms with Gasteiger partial charge >= 0.3 is 0 Å². The third-order valence-electron chi connectivity index (χ3n) is 2.53. The molecule has 1 N–H and O–H groups in total.